The van der Waals surface area contributed by atoms with Gasteiger partial charge in [-0.15, -0.1) is 0 Å². The van der Waals surface area contributed by atoms with E-state index in [1.807, 2.05) is 0 Å². The summed E-state index contributed by atoms with van der Waals surface area (Å²) in [4.78, 5) is 15.7. The molecular formula is C6H7FN6O2. The van der Waals surface area contributed by atoms with E-state index >= 15 is 0 Å². The minimum absolute atomic E-state index is 0.100. The quantitative estimate of drug-likeness (QED) is 0.243. The number of nitro groups is 1. The maximum absolute atomic E-state index is 12.3. The van der Waals surface area contributed by atoms with Crippen molar-refractivity contribution in [3.05, 3.63) is 33.0 Å². The summed E-state index contributed by atoms with van der Waals surface area (Å²) in [6.07, 6.45) is 2.55. The first-order chi connectivity index (χ1) is 7.19. The second-order valence-corrected chi connectivity index (χ2v) is 2.65. The SMILES string of the molecule is [N-]=[N+]=NC(CF)Cn1ccnc1[N+](=O)[O-]. The van der Waals surface area contributed by atoms with Gasteiger partial charge in [0.05, 0.1) is 12.6 Å². The third-order valence-corrected chi connectivity index (χ3v) is 1.66. The van der Waals surface area contributed by atoms with Crippen LogP contribution in [0.25, 0.3) is 10.4 Å². The zero-order valence-corrected chi connectivity index (χ0v) is 7.52. The Labute approximate surface area is 83.1 Å². The summed E-state index contributed by atoms with van der Waals surface area (Å²) in [6, 6.07) is -0.956. The van der Waals surface area contributed by atoms with E-state index < -0.39 is 23.6 Å². The van der Waals surface area contributed by atoms with Crippen LogP contribution in [0.3, 0.4) is 0 Å². The Kier molecular flexibility index (Phi) is 3.58. The molecule has 0 aliphatic rings. The fourth-order valence-electron chi connectivity index (χ4n) is 1.03. The summed E-state index contributed by atoms with van der Waals surface area (Å²) in [7, 11) is 0. The molecule has 1 heterocycles. The predicted octanol–water partition coefficient (Wildman–Crippen LogP) is 1.44. The summed E-state index contributed by atoms with van der Waals surface area (Å²) >= 11 is 0. The Hall–Kier alpha value is -2.15. The predicted molar refractivity (Wildman–Crippen MR) is 47.8 cm³/mol. The number of alkyl halides is 1. The maximum Gasteiger partial charge on any atom is 0.434 e. The van der Waals surface area contributed by atoms with Crippen molar-refractivity contribution in [3.63, 3.8) is 0 Å². The number of azide groups is 1. The van der Waals surface area contributed by atoms with Crippen molar-refractivity contribution in [2.45, 2.75) is 12.6 Å². The molecule has 8 nitrogen and oxygen atoms in total. The highest BCUT2D eigenvalue weighted by Gasteiger charge is 2.17. The molecule has 1 unspecified atom stereocenters. The van der Waals surface area contributed by atoms with E-state index in [-0.39, 0.29) is 6.54 Å². The minimum atomic E-state index is -0.956. The highest BCUT2D eigenvalue weighted by atomic mass is 19.1. The number of aromatic nitrogens is 2. The Balaban J connectivity index is 2.83. The molecule has 0 saturated carbocycles. The summed E-state index contributed by atoms with van der Waals surface area (Å²) in [5.41, 5.74) is 8.11. The van der Waals surface area contributed by atoms with Gasteiger partial charge >= 0.3 is 5.95 Å². The van der Waals surface area contributed by atoms with Gasteiger partial charge in [-0.05, 0) is 10.5 Å². The fraction of sp³-hybridized carbons (Fsp3) is 0.500. The van der Waals surface area contributed by atoms with Crippen LogP contribution in [0.1, 0.15) is 0 Å². The second kappa shape index (κ2) is 4.91. The minimum Gasteiger partial charge on any atom is -0.390 e. The standard InChI is InChI=1S/C6H7FN6O2/c7-3-5(10-11-8)4-12-2-1-9-6(12)13(14)15/h1-2,5H,3-4H2. The third-order valence-electron chi connectivity index (χ3n) is 1.66. The number of nitrogens with zero attached hydrogens (tertiary/aromatic N) is 6. The van der Waals surface area contributed by atoms with E-state index in [1.54, 1.807) is 0 Å². The molecule has 80 valence electrons. The van der Waals surface area contributed by atoms with Crippen LogP contribution in [0, 0.1) is 10.1 Å². The highest BCUT2D eigenvalue weighted by Crippen LogP contribution is 2.09. The van der Waals surface area contributed by atoms with Crippen LogP contribution in [0.4, 0.5) is 10.3 Å². The molecule has 9 heteroatoms. The van der Waals surface area contributed by atoms with Crippen LogP contribution in [-0.2, 0) is 6.54 Å². The molecular weight excluding hydrogens is 207 g/mol. The molecule has 1 rings (SSSR count). The number of imidazole rings is 1. The van der Waals surface area contributed by atoms with E-state index in [0.29, 0.717) is 0 Å². The van der Waals surface area contributed by atoms with E-state index in [9.17, 15) is 14.5 Å². The van der Waals surface area contributed by atoms with E-state index in [0.717, 1.165) is 4.57 Å². The van der Waals surface area contributed by atoms with Gasteiger partial charge in [0.15, 0.2) is 0 Å². The zero-order chi connectivity index (χ0) is 11.3. The van der Waals surface area contributed by atoms with Crippen molar-refractivity contribution in [2.75, 3.05) is 6.67 Å². The molecule has 0 N–H and O–H groups in total. The van der Waals surface area contributed by atoms with Crippen LogP contribution in [0.5, 0.6) is 0 Å². The van der Waals surface area contributed by atoms with E-state index in [4.69, 9.17) is 5.53 Å². The van der Waals surface area contributed by atoms with Crippen LogP contribution >= 0.6 is 0 Å². The monoisotopic (exact) mass is 214 g/mol. The lowest BCUT2D eigenvalue weighted by Gasteiger charge is -2.05. The lowest BCUT2D eigenvalue weighted by atomic mass is 10.3. The molecule has 0 bridgehead atoms. The average molecular weight is 214 g/mol. The Morgan fingerprint density at radius 2 is 2.60 bits per heavy atom. The van der Waals surface area contributed by atoms with Gasteiger partial charge in [0.1, 0.15) is 19.1 Å². The summed E-state index contributed by atoms with van der Waals surface area (Å²) < 4.78 is 13.4. The zero-order valence-electron chi connectivity index (χ0n) is 7.52. The molecule has 0 spiro atoms. The lowest BCUT2D eigenvalue weighted by molar-refractivity contribution is -0.396. The first-order valence-corrected chi connectivity index (χ1v) is 3.94. The van der Waals surface area contributed by atoms with E-state index in [2.05, 4.69) is 15.0 Å². The molecule has 0 aliphatic carbocycles. The van der Waals surface area contributed by atoms with Crippen molar-refractivity contribution < 1.29 is 9.31 Å². The molecule has 15 heavy (non-hydrogen) atoms. The van der Waals surface area contributed by atoms with Crippen molar-refractivity contribution in [1.29, 1.82) is 0 Å². The van der Waals surface area contributed by atoms with Gasteiger partial charge in [-0.1, -0.05) is 10.1 Å². The molecule has 1 aromatic rings. The summed E-state index contributed by atoms with van der Waals surface area (Å²) in [6.45, 7) is -0.976. The smallest absolute Gasteiger partial charge is 0.390 e. The van der Waals surface area contributed by atoms with Gasteiger partial charge in [-0.25, -0.2) is 4.57 Å². The Morgan fingerprint density at radius 1 is 1.87 bits per heavy atom. The molecule has 0 aromatic carbocycles. The third kappa shape index (κ3) is 2.64. The molecule has 1 atom stereocenters. The Bertz CT molecular complexity index is 398. The molecule has 1 aromatic heterocycles. The second-order valence-electron chi connectivity index (χ2n) is 2.65. The van der Waals surface area contributed by atoms with Gasteiger partial charge in [0, 0.05) is 4.91 Å². The molecule has 0 aliphatic heterocycles. The number of hydrogen-bond acceptors (Lipinski definition) is 4. The average Bonchev–Trinajstić information content (AvgIpc) is 2.65. The highest BCUT2D eigenvalue weighted by molar-refractivity contribution is 5.06. The first kappa shape index (κ1) is 10.9. The van der Waals surface area contributed by atoms with Crippen molar-refractivity contribution in [1.82, 2.24) is 9.55 Å². The fourth-order valence-corrected chi connectivity index (χ4v) is 1.03. The topological polar surface area (TPSA) is 110 Å². The van der Waals surface area contributed by atoms with Gasteiger partial charge in [-0.2, -0.15) is 0 Å². The Morgan fingerprint density at radius 3 is 3.13 bits per heavy atom. The molecule has 0 amide bonds. The van der Waals surface area contributed by atoms with Gasteiger partial charge in [-0.3, -0.25) is 4.39 Å². The van der Waals surface area contributed by atoms with Crippen LogP contribution in [0.15, 0.2) is 17.5 Å². The number of hydrogen-bond donors (Lipinski definition) is 0. The largest absolute Gasteiger partial charge is 0.434 e. The van der Waals surface area contributed by atoms with Crippen LogP contribution in [0.2, 0.25) is 0 Å². The lowest BCUT2D eigenvalue weighted by Crippen LogP contribution is -2.16. The van der Waals surface area contributed by atoms with Gasteiger partial charge < -0.3 is 10.1 Å². The van der Waals surface area contributed by atoms with Gasteiger partial charge in [0.25, 0.3) is 0 Å². The van der Waals surface area contributed by atoms with Gasteiger partial charge in [0.2, 0.25) is 0 Å². The van der Waals surface area contributed by atoms with Crippen molar-refractivity contribution in [3.8, 4) is 0 Å². The van der Waals surface area contributed by atoms with Crippen molar-refractivity contribution in [2.24, 2.45) is 5.11 Å². The maximum atomic E-state index is 12.3. The summed E-state index contributed by atoms with van der Waals surface area (Å²) in [5, 5.41) is 13.6. The van der Waals surface area contributed by atoms with E-state index in [1.165, 1.54) is 12.4 Å². The number of halogens is 1. The molecule has 0 saturated heterocycles. The summed E-state index contributed by atoms with van der Waals surface area (Å²) in [5.74, 6) is -0.401. The number of rotatable bonds is 5. The molecule has 0 fully saturated rings. The van der Waals surface area contributed by atoms with Crippen LogP contribution < -0.4 is 0 Å². The normalized spacial score (nSPS) is 11.8. The molecule has 0 radical (unpaired) electrons. The van der Waals surface area contributed by atoms with Crippen LogP contribution in [-0.4, -0.2) is 27.2 Å². The van der Waals surface area contributed by atoms with Crippen molar-refractivity contribution >= 4 is 5.95 Å². The first-order valence-electron chi connectivity index (χ1n) is 3.94.